The van der Waals surface area contributed by atoms with Crippen molar-refractivity contribution in [3.05, 3.63) is 113 Å². The number of rotatable bonds is 44. The Bertz CT molecular complexity index is 4850. The summed E-state index contributed by atoms with van der Waals surface area (Å²) >= 11 is 0. The summed E-state index contributed by atoms with van der Waals surface area (Å²) in [6, 6.07) is 5.79. The number of unbranched alkanes of at least 4 members (excludes halogenated alkanes) is 3. The molecule has 39 nitrogen and oxygen atoms in total. The van der Waals surface area contributed by atoms with Gasteiger partial charge in [-0.2, -0.15) is 0 Å². The predicted molar refractivity (Wildman–Crippen MR) is 499 cm³/mol. The van der Waals surface area contributed by atoms with Crippen molar-refractivity contribution in [1.29, 1.82) is 0 Å². The Morgan fingerprint density at radius 2 is 1.14 bits per heavy atom. The molecule has 1 aliphatic heterocycles. The summed E-state index contributed by atoms with van der Waals surface area (Å²) in [6.45, 7) is 18.4. The Morgan fingerprint density at radius 1 is 0.565 bits per heavy atom. The van der Waals surface area contributed by atoms with Crippen molar-refractivity contribution in [3.8, 4) is 5.75 Å². The number of aliphatic hydroxyl groups is 1. The molecule has 0 aliphatic carbocycles. The highest BCUT2D eigenvalue weighted by molar-refractivity contribution is 8.77. The van der Waals surface area contributed by atoms with E-state index in [2.05, 4.69) is 79.4 Å². The molecule has 13 atom stereocenters. The zero-order valence-electron chi connectivity index (χ0n) is 76.2. The quantitative estimate of drug-likeness (QED) is 0.0180. The van der Waals surface area contributed by atoms with Gasteiger partial charge in [0.1, 0.15) is 84.4 Å². The molecule has 0 radical (unpaired) electrons. The molecule has 131 heavy (non-hydrogen) atoms. The molecule has 4 aromatic carbocycles. The molecule has 0 saturated carbocycles. The third-order valence-electron chi connectivity index (χ3n) is 21.7. The van der Waals surface area contributed by atoms with Crippen LogP contribution in [-0.4, -0.2) is 231 Å². The van der Waals surface area contributed by atoms with Crippen LogP contribution in [0.25, 0.3) is 21.7 Å². The van der Waals surface area contributed by atoms with E-state index in [1.807, 2.05) is 31.2 Å². The summed E-state index contributed by atoms with van der Waals surface area (Å²) < 4.78 is 2.58. The number of para-hydroxylation sites is 1. The summed E-state index contributed by atoms with van der Waals surface area (Å²) in [6.07, 6.45) is -2.04. The van der Waals surface area contributed by atoms with Crippen LogP contribution in [0.2, 0.25) is 0 Å². The maximum absolute atomic E-state index is 16.4. The van der Waals surface area contributed by atoms with E-state index in [0.29, 0.717) is 39.8 Å². The molecule has 1 aliphatic rings. The zero-order valence-corrected chi connectivity index (χ0v) is 78.7. The molecule has 2 heterocycles. The standard InChI is InChI=1S/C89H130N20O19S2.ClH/c1-48(2)40-63(75(94)116)100-80(121)67(45-69(92)114)102-76(117)62(27-16-20-38-96-52(6)112)106-86(127)89(12,34-17-18-35-90)109-82(123)65(43-55-28-31-56-23-13-14-24-57(56)41-55)101-78(119)64(42-54-29-32-59(33-30-54)128-39-36-91)104-85(126)74-88(10,11)130-129-87(8,9)73(98-53(7)113)84(125)105-68(46-70(93)115)81(122)107-72(50(4)110)83(124)103-66(44-58-47-97-71-49(3)22-21-25-60(58)71)79(120)99-61(77(118)108-74)26-15-19-37-95-51(5)111;/h13-14,21-25,28-33,41,47-48,50,61-68,72-74,97,110H,15-20,26-27,34-40,42-46,90-91H2,1-12H3,(H2,92,114)(H2,93,115)(H2,94,116)(H,95,111)(H,96,112)(H,98,113)(H,99,120)(H,100,121)(H,101,119)(H,102,117)(H,103,124)(H,104,126)(H,105,125)(H,106,127)(H,107,122)(H,108,118)(H,109,123);1H/t50-,61+,62+,63-,64+,65+,66+,67+,68+,72+,73-,74-,89+;/m1./s1. The molecule has 5 aromatic rings. The van der Waals surface area contributed by atoms with Gasteiger partial charge in [0.25, 0.3) is 0 Å². The van der Waals surface area contributed by atoms with E-state index in [1.54, 1.807) is 80.7 Å². The first-order valence-electron chi connectivity index (χ1n) is 43.4. The van der Waals surface area contributed by atoms with Gasteiger partial charge in [-0.1, -0.05) is 108 Å². The van der Waals surface area contributed by atoms with Gasteiger partial charge in [0.15, 0.2) is 0 Å². The molecule has 42 heteroatoms. The molecule has 17 amide bonds. The van der Waals surface area contributed by atoms with Crippen LogP contribution in [0.5, 0.6) is 5.75 Å². The van der Waals surface area contributed by atoms with Crippen molar-refractivity contribution in [3.63, 3.8) is 0 Å². The van der Waals surface area contributed by atoms with Crippen molar-refractivity contribution in [2.75, 3.05) is 32.8 Å². The number of carbonyl (C=O) groups is 17. The number of nitrogens with one attached hydrogen (secondary N) is 15. The highest BCUT2D eigenvalue weighted by Gasteiger charge is 2.47. The monoisotopic (exact) mass is 1880 g/mol. The molecule has 1 saturated heterocycles. The van der Waals surface area contributed by atoms with Crippen LogP contribution in [0.4, 0.5) is 0 Å². The van der Waals surface area contributed by atoms with Gasteiger partial charge in [-0.25, -0.2) is 0 Å². The van der Waals surface area contributed by atoms with Gasteiger partial charge in [0, 0.05) is 86.3 Å². The van der Waals surface area contributed by atoms with Crippen molar-refractivity contribution < 1.29 is 91.4 Å². The number of amides is 17. The topological polar surface area (TPSA) is 634 Å². The number of aromatic nitrogens is 1. The molecule has 0 spiro atoms. The lowest BCUT2D eigenvalue weighted by Gasteiger charge is -2.39. The highest BCUT2D eigenvalue weighted by Crippen LogP contribution is 2.47. The maximum Gasteiger partial charge on any atom is 0.246 e. The van der Waals surface area contributed by atoms with Crippen LogP contribution >= 0.6 is 34.0 Å². The number of aromatic amines is 1. The minimum Gasteiger partial charge on any atom is -0.492 e. The summed E-state index contributed by atoms with van der Waals surface area (Å²) in [7, 11) is 1.82. The Morgan fingerprint density at radius 3 is 1.75 bits per heavy atom. The highest BCUT2D eigenvalue weighted by atomic mass is 35.5. The van der Waals surface area contributed by atoms with Crippen LogP contribution in [0.3, 0.4) is 0 Å². The van der Waals surface area contributed by atoms with Gasteiger partial charge >= 0.3 is 0 Å². The first-order chi connectivity index (χ1) is 61.2. The number of aliphatic hydroxyl groups excluding tert-OH is 1. The fraction of sp³-hybridized carbons (Fsp3) is 0.539. The number of fused-ring (bicyclic) bond motifs is 2. The van der Waals surface area contributed by atoms with E-state index in [0.717, 1.165) is 51.8 Å². The second-order valence-corrected chi connectivity index (χ2v) is 37.9. The minimum atomic E-state index is -2.02. The van der Waals surface area contributed by atoms with Gasteiger partial charge < -0.3 is 118 Å². The van der Waals surface area contributed by atoms with Crippen LogP contribution in [-0.2, 0) is 101 Å². The van der Waals surface area contributed by atoms with Crippen LogP contribution in [0.1, 0.15) is 175 Å². The van der Waals surface area contributed by atoms with Crippen molar-refractivity contribution in [2.45, 2.75) is 267 Å². The first-order valence-corrected chi connectivity index (χ1v) is 45.6. The lowest BCUT2D eigenvalue weighted by Crippen LogP contribution is -2.65. The Kier molecular flexibility index (Phi) is 43.9. The van der Waals surface area contributed by atoms with Crippen LogP contribution in [0.15, 0.2) is 91.1 Å². The number of halogens is 1. The number of H-pyrrole nitrogens is 1. The molecule has 720 valence electrons. The average Bonchev–Trinajstić information content (AvgIpc) is 1.78. The minimum absolute atomic E-state index is 0. The molecule has 6 rings (SSSR count). The molecular weight excluding hydrogens is 1750 g/mol. The number of ether oxygens (including phenoxy) is 1. The van der Waals surface area contributed by atoms with E-state index in [9.17, 15) is 57.8 Å². The average molecular weight is 1880 g/mol. The van der Waals surface area contributed by atoms with Crippen molar-refractivity contribution in [2.24, 2.45) is 34.6 Å². The number of benzene rings is 4. The normalized spacial score (nSPS) is 19.1. The smallest absolute Gasteiger partial charge is 0.246 e. The Hall–Kier alpha value is -11.7. The number of aryl methyl sites for hydroxylation is 1. The first kappa shape index (κ1) is 110. The fourth-order valence-electron chi connectivity index (χ4n) is 14.6. The lowest BCUT2D eigenvalue weighted by atomic mass is 9.91. The zero-order chi connectivity index (χ0) is 96.5. The van der Waals surface area contributed by atoms with Crippen LogP contribution in [0, 0.1) is 12.8 Å². The number of primary amides is 3. The van der Waals surface area contributed by atoms with E-state index in [-0.39, 0.29) is 140 Å². The SMILES string of the molecule is CC(=O)NCCCC[C@@H]1NC(=O)[C@H](Cc2c[nH]c3c(C)cccc23)NC(=O)[C@H]([C@@H](C)O)NC(=O)[C@H](CC(N)=O)NC(=O)[C@@H](NC(C)=O)C(C)(C)SSC(C)(C)[C@@H](C(=O)N[C@@H](Cc2ccc(OCCN)cc2)C(=O)N[C@@H](Cc2ccc3ccccc3c2)C(=O)N[C@@](C)(CCCCN)C(=O)N[C@@H](CCCCNC(C)=O)C(=O)N[C@@H](CC(N)=O)C(=O)N[C@H](CC(C)C)C(N)=O)NC1=O.Cl. The second-order valence-electron chi connectivity index (χ2n) is 34.4. The number of hydrogen-bond acceptors (Lipinski definition) is 23. The molecule has 0 bridgehead atoms. The summed E-state index contributed by atoms with van der Waals surface area (Å²) in [5.74, 6) is -15.8. The summed E-state index contributed by atoms with van der Waals surface area (Å²) in [5.41, 5.74) is 29.6. The van der Waals surface area contributed by atoms with E-state index in [1.165, 1.54) is 48.5 Å². The van der Waals surface area contributed by atoms with Gasteiger partial charge in [-0.3, -0.25) is 81.5 Å². The van der Waals surface area contributed by atoms with Crippen LogP contribution < -0.4 is 108 Å². The van der Waals surface area contributed by atoms with Gasteiger partial charge in [0.2, 0.25) is 100 Å². The number of carbonyl (C=O) groups excluding carboxylic acids is 17. The summed E-state index contributed by atoms with van der Waals surface area (Å²) in [5, 5.41) is 51.0. The van der Waals surface area contributed by atoms with E-state index < -0.39 is 189 Å². The largest absolute Gasteiger partial charge is 0.492 e. The van der Waals surface area contributed by atoms with Gasteiger partial charge in [-0.05, 0) is 170 Å². The molecule has 26 N–H and O–H groups in total. The van der Waals surface area contributed by atoms with Crippen molar-refractivity contribution >= 4 is 156 Å². The molecule has 1 fully saturated rings. The summed E-state index contributed by atoms with van der Waals surface area (Å²) in [4.78, 5) is 247. The fourth-order valence-corrected chi connectivity index (χ4v) is 17.4. The van der Waals surface area contributed by atoms with E-state index >= 15 is 28.8 Å². The third kappa shape index (κ3) is 35.2. The lowest BCUT2D eigenvalue weighted by molar-refractivity contribution is -0.138. The van der Waals surface area contributed by atoms with Crippen molar-refractivity contribution in [1.82, 2.24) is 79.4 Å². The number of nitrogens with two attached hydrogens (primary N) is 5. The maximum atomic E-state index is 16.4. The van der Waals surface area contributed by atoms with Gasteiger partial charge in [-0.15, -0.1) is 12.4 Å². The van der Waals surface area contributed by atoms with E-state index in [4.69, 9.17) is 33.4 Å². The Labute approximate surface area is 776 Å². The Balaban J connectivity index is 0.0000304. The molecular formula is C89H131ClN20O19S2. The predicted octanol–water partition coefficient (Wildman–Crippen LogP) is 0.00132. The third-order valence-corrected chi connectivity index (χ3v) is 26.0. The molecule has 0 unspecified atom stereocenters. The number of hydrogen-bond donors (Lipinski definition) is 21. The molecule has 1 aromatic heterocycles. The van der Waals surface area contributed by atoms with Gasteiger partial charge in [0.05, 0.1) is 18.9 Å². The second kappa shape index (κ2) is 52.4.